The molecule has 0 aromatic heterocycles. The Kier molecular flexibility index (Phi) is 6.63. The Labute approximate surface area is 142 Å². The van der Waals surface area contributed by atoms with Crippen molar-refractivity contribution >= 4 is 6.03 Å². The lowest BCUT2D eigenvalue weighted by atomic mass is 10.0. The molecule has 2 aromatic rings. The van der Waals surface area contributed by atoms with Crippen LogP contribution in [0.4, 0.5) is 4.79 Å². The van der Waals surface area contributed by atoms with Crippen molar-refractivity contribution in [2.45, 2.75) is 26.1 Å². The number of rotatable bonds is 7. The van der Waals surface area contributed by atoms with E-state index in [-0.39, 0.29) is 18.7 Å². The number of aliphatic hydroxyl groups excluding tert-OH is 1. The summed E-state index contributed by atoms with van der Waals surface area (Å²) in [7, 11) is 0. The van der Waals surface area contributed by atoms with Gasteiger partial charge in [-0.1, -0.05) is 42.5 Å². The lowest BCUT2D eigenvalue weighted by Gasteiger charge is -2.17. The molecule has 5 heteroatoms. The molecule has 2 rings (SSSR count). The maximum absolute atomic E-state index is 11.8. The number of ether oxygens (including phenoxy) is 1. The van der Waals surface area contributed by atoms with Gasteiger partial charge in [-0.3, -0.25) is 0 Å². The first-order chi connectivity index (χ1) is 11.6. The van der Waals surface area contributed by atoms with Crippen LogP contribution in [0.5, 0.6) is 5.75 Å². The van der Waals surface area contributed by atoms with Crippen LogP contribution in [0.2, 0.25) is 0 Å². The number of benzene rings is 2. The van der Waals surface area contributed by atoms with Gasteiger partial charge in [-0.15, -0.1) is 0 Å². The maximum atomic E-state index is 11.8. The Morgan fingerprint density at radius 1 is 1.04 bits per heavy atom. The van der Waals surface area contributed by atoms with Crippen LogP contribution < -0.4 is 15.4 Å². The molecule has 2 unspecified atom stereocenters. The van der Waals surface area contributed by atoms with Crippen LogP contribution in [0, 0.1) is 6.92 Å². The van der Waals surface area contributed by atoms with Crippen molar-refractivity contribution in [1.82, 2.24) is 10.6 Å². The summed E-state index contributed by atoms with van der Waals surface area (Å²) in [5.41, 5.74) is 1.82. The summed E-state index contributed by atoms with van der Waals surface area (Å²) in [6.07, 6.45) is -0.880. The zero-order valence-corrected chi connectivity index (χ0v) is 14.0. The van der Waals surface area contributed by atoms with Gasteiger partial charge in [-0.05, 0) is 37.1 Å². The maximum Gasteiger partial charge on any atom is 0.315 e. The number of hydrogen-bond donors (Lipinski definition) is 3. The quantitative estimate of drug-likeness (QED) is 0.732. The predicted molar refractivity (Wildman–Crippen MR) is 94.1 cm³/mol. The largest absolute Gasteiger partial charge is 0.489 e. The lowest BCUT2D eigenvalue weighted by molar-refractivity contribution is 0.170. The van der Waals surface area contributed by atoms with Crippen LogP contribution in [-0.4, -0.2) is 30.3 Å². The number of para-hydroxylation sites is 1. The van der Waals surface area contributed by atoms with Crippen molar-refractivity contribution in [2.24, 2.45) is 0 Å². The average Bonchev–Trinajstić information content (AvgIpc) is 2.59. The fraction of sp³-hybridized carbons (Fsp3) is 0.316. The molecule has 0 aliphatic rings. The molecular formula is C19H24N2O3. The summed E-state index contributed by atoms with van der Waals surface area (Å²) in [5.74, 6) is 0.766. The SMILES string of the molecule is Cc1ccccc1C(O)CNC(=O)NCC(C)Oc1ccccc1. The first-order valence-electron chi connectivity index (χ1n) is 8.03. The molecule has 0 radical (unpaired) electrons. The number of carbonyl (C=O) groups excluding carboxylic acids is 1. The van der Waals surface area contributed by atoms with Crippen LogP contribution in [0.1, 0.15) is 24.2 Å². The number of hydrogen-bond acceptors (Lipinski definition) is 3. The molecule has 2 atom stereocenters. The highest BCUT2D eigenvalue weighted by atomic mass is 16.5. The number of aliphatic hydroxyl groups is 1. The Morgan fingerprint density at radius 2 is 1.67 bits per heavy atom. The molecule has 0 heterocycles. The van der Waals surface area contributed by atoms with Gasteiger partial charge in [0.25, 0.3) is 0 Å². The molecule has 0 saturated heterocycles. The average molecular weight is 328 g/mol. The zero-order chi connectivity index (χ0) is 17.4. The van der Waals surface area contributed by atoms with E-state index in [1.165, 1.54) is 0 Å². The highest BCUT2D eigenvalue weighted by Gasteiger charge is 2.12. The second-order valence-electron chi connectivity index (χ2n) is 5.70. The highest BCUT2D eigenvalue weighted by molar-refractivity contribution is 5.73. The van der Waals surface area contributed by atoms with Crippen molar-refractivity contribution in [3.05, 3.63) is 65.7 Å². The number of carbonyl (C=O) groups is 1. The van der Waals surface area contributed by atoms with Crippen molar-refractivity contribution in [2.75, 3.05) is 13.1 Å². The van der Waals surface area contributed by atoms with Crippen LogP contribution in [-0.2, 0) is 0 Å². The van der Waals surface area contributed by atoms with Crippen LogP contribution in [0.25, 0.3) is 0 Å². The molecule has 24 heavy (non-hydrogen) atoms. The fourth-order valence-electron chi connectivity index (χ4n) is 2.33. The summed E-state index contributed by atoms with van der Waals surface area (Å²) >= 11 is 0. The van der Waals surface area contributed by atoms with Gasteiger partial charge in [-0.25, -0.2) is 4.79 Å². The lowest BCUT2D eigenvalue weighted by Crippen LogP contribution is -2.41. The normalized spacial score (nSPS) is 13.0. The molecule has 0 aliphatic heterocycles. The van der Waals surface area contributed by atoms with Crippen molar-refractivity contribution in [3.63, 3.8) is 0 Å². The van der Waals surface area contributed by atoms with Gasteiger partial charge < -0.3 is 20.5 Å². The van der Waals surface area contributed by atoms with Crippen molar-refractivity contribution < 1.29 is 14.6 Å². The summed E-state index contributed by atoms with van der Waals surface area (Å²) < 4.78 is 5.68. The molecule has 2 amide bonds. The molecule has 2 aromatic carbocycles. The number of amides is 2. The minimum absolute atomic E-state index is 0.153. The summed E-state index contributed by atoms with van der Waals surface area (Å²) in [6.45, 7) is 4.35. The van der Waals surface area contributed by atoms with E-state index in [0.29, 0.717) is 6.54 Å². The third-order valence-corrected chi connectivity index (χ3v) is 3.63. The van der Waals surface area contributed by atoms with Gasteiger partial charge in [0.2, 0.25) is 0 Å². The van der Waals surface area contributed by atoms with Gasteiger partial charge in [0, 0.05) is 6.54 Å². The van der Waals surface area contributed by atoms with Crippen molar-refractivity contribution in [1.29, 1.82) is 0 Å². The smallest absolute Gasteiger partial charge is 0.315 e. The molecule has 0 saturated carbocycles. The van der Waals surface area contributed by atoms with Crippen molar-refractivity contribution in [3.8, 4) is 5.75 Å². The van der Waals surface area contributed by atoms with Gasteiger partial charge in [0.05, 0.1) is 12.6 Å². The van der Waals surface area contributed by atoms with Crippen LogP contribution in [0.15, 0.2) is 54.6 Å². The van der Waals surface area contributed by atoms with Crippen LogP contribution in [0.3, 0.4) is 0 Å². The van der Waals surface area contributed by atoms with Gasteiger partial charge in [-0.2, -0.15) is 0 Å². The van der Waals surface area contributed by atoms with Gasteiger partial charge >= 0.3 is 6.03 Å². The standard InChI is InChI=1S/C19H24N2O3/c1-14-8-6-7-11-17(14)18(22)13-21-19(23)20-12-15(2)24-16-9-4-3-5-10-16/h3-11,15,18,22H,12-13H2,1-2H3,(H2,20,21,23). The van der Waals surface area contributed by atoms with E-state index in [1.54, 1.807) is 0 Å². The van der Waals surface area contributed by atoms with Gasteiger partial charge in [0.1, 0.15) is 11.9 Å². The molecule has 5 nitrogen and oxygen atoms in total. The monoisotopic (exact) mass is 328 g/mol. The molecule has 0 bridgehead atoms. The van der Waals surface area contributed by atoms with Gasteiger partial charge in [0.15, 0.2) is 0 Å². The summed E-state index contributed by atoms with van der Waals surface area (Å²) in [4.78, 5) is 11.8. The Morgan fingerprint density at radius 3 is 2.38 bits per heavy atom. The topological polar surface area (TPSA) is 70.6 Å². The highest BCUT2D eigenvalue weighted by Crippen LogP contribution is 2.16. The summed E-state index contributed by atoms with van der Waals surface area (Å²) in [6, 6.07) is 16.7. The van der Waals surface area contributed by atoms with E-state index in [4.69, 9.17) is 4.74 Å². The van der Waals surface area contributed by atoms with E-state index < -0.39 is 6.10 Å². The fourth-order valence-corrected chi connectivity index (χ4v) is 2.33. The van der Waals surface area contributed by atoms with E-state index >= 15 is 0 Å². The predicted octanol–water partition coefficient (Wildman–Crippen LogP) is 2.80. The third kappa shape index (κ3) is 5.59. The van der Waals surface area contributed by atoms with E-state index in [1.807, 2.05) is 68.4 Å². The van der Waals surface area contributed by atoms with Crippen LogP contribution >= 0.6 is 0 Å². The van der Waals surface area contributed by atoms with E-state index in [9.17, 15) is 9.90 Å². The first kappa shape index (κ1) is 17.8. The molecule has 0 fully saturated rings. The number of urea groups is 1. The molecule has 3 N–H and O–H groups in total. The minimum atomic E-state index is -0.727. The molecule has 128 valence electrons. The Balaban J connectivity index is 1.70. The van der Waals surface area contributed by atoms with E-state index in [0.717, 1.165) is 16.9 Å². The molecule has 0 spiro atoms. The molecule has 0 aliphatic carbocycles. The van der Waals surface area contributed by atoms with E-state index in [2.05, 4.69) is 10.6 Å². The first-order valence-corrected chi connectivity index (χ1v) is 8.03. The second kappa shape index (κ2) is 8.93. The Hall–Kier alpha value is -2.53. The number of aryl methyl sites for hydroxylation is 1. The minimum Gasteiger partial charge on any atom is -0.489 e. The zero-order valence-electron chi connectivity index (χ0n) is 14.0. The third-order valence-electron chi connectivity index (χ3n) is 3.63. The summed E-state index contributed by atoms with van der Waals surface area (Å²) in [5, 5.41) is 15.6. The second-order valence-corrected chi connectivity index (χ2v) is 5.70. The number of nitrogens with one attached hydrogen (secondary N) is 2. The Bertz CT molecular complexity index is 646. The molecular weight excluding hydrogens is 304 g/mol.